The van der Waals surface area contributed by atoms with E-state index in [0.29, 0.717) is 6.42 Å². The van der Waals surface area contributed by atoms with Crippen molar-refractivity contribution in [2.24, 2.45) is 5.73 Å². The number of hydrogen-bond acceptors (Lipinski definition) is 1. The van der Waals surface area contributed by atoms with Crippen LogP contribution in [-0.2, 0) is 6.42 Å². The molecular weight excluding hydrogens is 265 g/mol. The van der Waals surface area contributed by atoms with E-state index < -0.39 is 0 Å². The van der Waals surface area contributed by atoms with Gasteiger partial charge in [-0.25, -0.2) is 0 Å². The second kappa shape index (κ2) is 5.75. The lowest BCUT2D eigenvalue weighted by Gasteiger charge is -2.14. The van der Waals surface area contributed by atoms with Gasteiger partial charge >= 0.3 is 0 Å². The predicted octanol–water partition coefficient (Wildman–Crippen LogP) is 4.54. The Kier molecular flexibility index (Phi) is 4.28. The summed E-state index contributed by atoms with van der Waals surface area (Å²) in [6, 6.07) is 13.6. The summed E-state index contributed by atoms with van der Waals surface area (Å²) in [7, 11) is 0. The third-order valence-electron chi connectivity index (χ3n) is 3.02. The van der Waals surface area contributed by atoms with Gasteiger partial charge < -0.3 is 5.73 Å². The van der Waals surface area contributed by atoms with E-state index in [1.54, 1.807) is 0 Å². The highest BCUT2D eigenvalue weighted by Crippen LogP contribution is 2.25. The van der Waals surface area contributed by atoms with Crippen LogP contribution < -0.4 is 5.73 Å². The lowest BCUT2D eigenvalue weighted by molar-refractivity contribution is 0.722. The Morgan fingerprint density at radius 1 is 1.06 bits per heavy atom. The molecule has 0 aliphatic heterocycles. The second-order valence-corrected chi connectivity index (χ2v) is 5.23. The molecule has 2 N–H and O–H groups in total. The first-order valence-corrected chi connectivity index (χ1v) is 6.58. The third kappa shape index (κ3) is 3.05. The fourth-order valence-corrected chi connectivity index (χ4v) is 2.26. The monoisotopic (exact) mass is 279 g/mol. The Bertz CT molecular complexity index is 552. The van der Waals surface area contributed by atoms with E-state index >= 15 is 0 Å². The molecule has 1 unspecified atom stereocenters. The molecule has 2 aromatic rings. The standard InChI is InChI=1S/C15H15Cl2N/c1-10-6-7-12(8-14(10)17)15(18)9-11-4-2-3-5-13(11)16/h2-8,15H,9,18H2,1H3. The van der Waals surface area contributed by atoms with E-state index in [-0.39, 0.29) is 6.04 Å². The summed E-state index contributed by atoms with van der Waals surface area (Å²) >= 11 is 12.2. The largest absolute Gasteiger partial charge is 0.324 e. The van der Waals surface area contributed by atoms with Gasteiger partial charge in [0.25, 0.3) is 0 Å². The molecule has 0 heterocycles. The molecule has 0 aliphatic rings. The highest BCUT2D eigenvalue weighted by Gasteiger charge is 2.10. The predicted molar refractivity (Wildman–Crippen MR) is 78.3 cm³/mol. The van der Waals surface area contributed by atoms with E-state index in [2.05, 4.69) is 0 Å². The summed E-state index contributed by atoms with van der Waals surface area (Å²) in [5, 5.41) is 1.51. The zero-order valence-corrected chi connectivity index (χ0v) is 11.7. The van der Waals surface area contributed by atoms with Crippen LogP contribution >= 0.6 is 23.2 Å². The fraction of sp³-hybridized carbons (Fsp3) is 0.200. The minimum atomic E-state index is -0.0944. The average molecular weight is 280 g/mol. The van der Waals surface area contributed by atoms with Crippen LogP contribution in [0.4, 0.5) is 0 Å². The Hall–Kier alpha value is -1.02. The maximum atomic E-state index is 6.20. The van der Waals surface area contributed by atoms with E-state index in [1.807, 2.05) is 49.4 Å². The van der Waals surface area contributed by atoms with E-state index in [9.17, 15) is 0 Å². The zero-order chi connectivity index (χ0) is 13.1. The van der Waals surface area contributed by atoms with Crippen LogP contribution in [0.1, 0.15) is 22.7 Å². The lowest BCUT2D eigenvalue weighted by Crippen LogP contribution is -2.13. The normalized spacial score (nSPS) is 12.4. The Balaban J connectivity index is 2.19. The summed E-state index contributed by atoms with van der Waals surface area (Å²) < 4.78 is 0. The average Bonchev–Trinajstić information content (AvgIpc) is 2.35. The van der Waals surface area contributed by atoms with Crippen LogP contribution in [-0.4, -0.2) is 0 Å². The van der Waals surface area contributed by atoms with Crippen molar-refractivity contribution in [3.05, 3.63) is 69.2 Å². The summed E-state index contributed by atoms with van der Waals surface area (Å²) in [6.07, 6.45) is 0.707. The van der Waals surface area contributed by atoms with Gasteiger partial charge in [0.15, 0.2) is 0 Å². The summed E-state index contributed by atoms with van der Waals surface area (Å²) in [6.45, 7) is 1.98. The molecule has 0 spiro atoms. The topological polar surface area (TPSA) is 26.0 Å². The van der Waals surface area contributed by atoms with Crippen molar-refractivity contribution in [2.75, 3.05) is 0 Å². The van der Waals surface area contributed by atoms with Gasteiger partial charge in [-0.3, -0.25) is 0 Å². The van der Waals surface area contributed by atoms with Gasteiger partial charge in [-0.05, 0) is 42.2 Å². The Labute approximate surface area is 118 Å². The number of hydrogen-bond donors (Lipinski definition) is 1. The van der Waals surface area contributed by atoms with Crippen LogP contribution in [0.25, 0.3) is 0 Å². The Morgan fingerprint density at radius 2 is 1.78 bits per heavy atom. The van der Waals surface area contributed by atoms with Gasteiger partial charge in [0.1, 0.15) is 0 Å². The van der Waals surface area contributed by atoms with Crippen LogP contribution in [0.3, 0.4) is 0 Å². The molecule has 94 valence electrons. The molecule has 2 aromatic carbocycles. The minimum Gasteiger partial charge on any atom is -0.324 e. The molecule has 2 rings (SSSR count). The van der Waals surface area contributed by atoms with Gasteiger partial charge in [0.05, 0.1) is 0 Å². The molecule has 0 fully saturated rings. The van der Waals surface area contributed by atoms with Crippen molar-refractivity contribution in [1.29, 1.82) is 0 Å². The molecule has 1 nitrogen and oxygen atoms in total. The van der Waals surface area contributed by atoms with Crippen LogP contribution in [0.5, 0.6) is 0 Å². The lowest BCUT2D eigenvalue weighted by atomic mass is 9.99. The fourth-order valence-electron chi connectivity index (χ4n) is 1.86. The number of benzene rings is 2. The van der Waals surface area contributed by atoms with Gasteiger partial charge in [0.2, 0.25) is 0 Å². The number of nitrogens with two attached hydrogens (primary N) is 1. The minimum absolute atomic E-state index is 0.0944. The molecule has 0 aromatic heterocycles. The van der Waals surface area contributed by atoms with Gasteiger partial charge in [0, 0.05) is 16.1 Å². The van der Waals surface area contributed by atoms with Crippen LogP contribution in [0.15, 0.2) is 42.5 Å². The van der Waals surface area contributed by atoms with Crippen LogP contribution in [0, 0.1) is 6.92 Å². The molecular formula is C15H15Cl2N. The smallest absolute Gasteiger partial charge is 0.0438 e. The van der Waals surface area contributed by atoms with Gasteiger partial charge in [-0.15, -0.1) is 0 Å². The van der Waals surface area contributed by atoms with E-state index in [4.69, 9.17) is 28.9 Å². The van der Waals surface area contributed by atoms with Gasteiger partial charge in [-0.1, -0.05) is 53.5 Å². The number of aryl methyl sites for hydroxylation is 1. The van der Waals surface area contributed by atoms with Crippen molar-refractivity contribution in [3.8, 4) is 0 Å². The molecule has 0 amide bonds. The van der Waals surface area contributed by atoms with Crippen molar-refractivity contribution in [2.45, 2.75) is 19.4 Å². The molecule has 0 saturated carbocycles. The molecule has 3 heteroatoms. The van der Waals surface area contributed by atoms with Crippen molar-refractivity contribution in [1.82, 2.24) is 0 Å². The third-order valence-corrected chi connectivity index (χ3v) is 3.80. The van der Waals surface area contributed by atoms with E-state index in [0.717, 1.165) is 26.7 Å². The summed E-state index contributed by atoms with van der Waals surface area (Å²) in [4.78, 5) is 0. The van der Waals surface area contributed by atoms with Crippen LogP contribution in [0.2, 0.25) is 10.0 Å². The highest BCUT2D eigenvalue weighted by atomic mass is 35.5. The molecule has 0 saturated heterocycles. The van der Waals surface area contributed by atoms with E-state index in [1.165, 1.54) is 0 Å². The zero-order valence-electron chi connectivity index (χ0n) is 10.2. The first kappa shape index (κ1) is 13.4. The molecule has 0 bridgehead atoms. The summed E-state index contributed by atoms with van der Waals surface area (Å²) in [5.74, 6) is 0. The maximum absolute atomic E-state index is 6.20. The molecule has 0 radical (unpaired) electrons. The Morgan fingerprint density at radius 3 is 2.44 bits per heavy atom. The quantitative estimate of drug-likeness (QED) is 0.877. The molecule has 1 atom stereocenters. The van der Waals surface area contributed by atoms with Crippen molar-refractivity contribution in [3.63, 3.8) is 0 Å². The van der Waals surface area contributed by atoms with Crippen molar-refractivity contribution >= 4 is 23.2 Å². The molecule has 18 heavy (non-hydrogen) atoms. The highest BCUT2D eigenvalue weighted by molar-refractivity contribution is 6.31. The first-order chi connectivity index (χ1) is 8.58. The molecule has 0 aliphatic carbocycles. The second-order valence-electron chi connectivity index (χ2n) is 4.41. The number of halogens is 2. The maximum Gasteiger partial charge on any atom is 0.0438 e. The van der Waals surface area contributed by atoms with Crippen molar-refractivity contribution < 1.29 is 0 Å². The van der Waals surface area contributed by atoms with Gasteiger partial charge in [-0.2, -0.15) is 0 Å². The number of rotatable bonds is 3. The SMILES string of the molecule is Cc1ccc(C(N)Cc2ccccc2Cl)cc1Cl. The first-order valence-electron chi connectivity index (χ1n) is 5.83. The summed E-state index contributed by atoms with van der Waals surface area (Å²) in [5.41, 5.74) is 9.35.